The average molecular weight is 290 g/mol. The van der Waals surface area contributed by atoms with Crippen LogP contribution in [0.25, 0.3) is 0 Å². The Morgan fingerprint density at radius 2 is 2.25 bits per heavy atom. The van der Waals surface area contributed by atoms with Gasteiger partial charge in [-0.2, -0.15) is 4.68 Å². The Hall–Kier alpha value is -0.950. The highest BCUT2D eigenvalue weighted by Crippen LogP contribution is 2.31. The van der Waals surface area contributed by atoms with Crippen LogP contribution in [0.3, 0.4) is 0 Å². The molecule has 1 N–H and O–H groups in total. The van der Waals surface area contributed by atoms with E-state index in [4.69, 9.17) is 0 Å². The van der Waals surface area contributed by atoms with Gasteiger partial charge in [-0.3, -0.25) is 0 Å². The second-order valence-corrected chi connectivity index (χ2v) is 4.81. The van der Waals surface area contributed by atoms with Gasteiger partial charge in [-0.05, 0) is 33.7 Å². The molecule has 0 saturated heterocycles. The van der Waals surface area contributed by atoms with Gasteiger partial charge in [0.25, 0.3) is 0 Å². The van der Waals surface area contributed by atoms with Crippen LogP contribution in [0, 0.1) is 10.1 Å². The smallest absolute Gasteiger partial charge is 0.391 e. The first-order chi connectivity index (χ1) is 7.59. The highest BCUT2D eigenvalue weighted by Gasteiger charge is 2.30. The largest absolute Gasteiger partial charge is 0.404 e. The number of aliphatic hydroxyl groups excluding tert-OH is 1. The third kappa shape index (κ3) is 2.10. The number of aliphatic hydroxyl groups is 1. The lowest BCUT2D eigenvalue weighted by Gasteiger charge is -2.25. The predicted octanol–water partition coefficient (Wildman–Crippen LogP) is 2.03. The first-order valence-electron chi connectivity index (χ1n) is 5.16. The number of hydrogen-bond donors (Lipinski definition) is 1. The molecule has 1 aromatic rings. The van der Waals surface area contributed by atoms with Gasteiger partial charge in [0, 0.05) is 0 Å². The summed E-state index contributed by atoms with van der Waals surface area (Å²) in [4.78, 5) is 10.1. The maximum atomic E-state index is 10.6. The molecule has 16 heavy (non-hydrogen) atoms. The minimum Gasteiger partial charge on any atom is -0.391 e. The van der Waals surface area contributed by atoms with Crippen LogP contribution in [0.4, 0.5) is 5.82 Å². The van der Waals surface area contributed by atoms with Gasteiger partial charge >= 0.3 is 5.82 Å². The molecule has 7 heteroatoms. The summed E-state index contributed by atoms with van der Waals surface area (Å²) in [7, 11) is 0. The number of nitro groups is 1. The van der Waals surface area contributed by atoms with Crippen molar-refractivity contribution in [1.82, 2.24) is 9.78 Å². The molecule has 6 nitrogen and oxygen atoms in total. The van der Waals surface area contributed by atoms with Crippen molar-refractivity contribution in [3.05, 3.63) is 20.8 Å². The van der Waals surface area contributed by atoms with Crippen LogP contribution in [-0.2, 0) is 0 Å². The lowest BCUT2D eigenvalue weighted by molar-refractivity contribution is -0.390. The Labute approximate surface area is 101 Å². The molecule has 0 aromatic carbocycles. The summed E-state index contributed by atoms with van der Waals surface area (Å²) in [6.45, 7) is 0. The molecule has 1 saturated carbocycles. The number of rotatable bonds is 2. The number of hydrogen-bond acceptors (Lipinski definition) is 4. The average Bonchev–Trinajstić information content (AvgIpc) is 2.61. The second kappa shape index (κ2) is 4.50. The van der Waals surface area contributed by atoms with E-state index in [0.29, 0.717) is 4.47 Å². The SMILES string of the molecule is O=[N+]([O-])c1nn(C2CCCCC2O)cc1Br. The van der Waals surface area contributed by atoms with Gasteiger partial charge in [0.2, 0.25) is 0 Å². The number of halogens is 1. The predicted molar refractivity (Wildman–Crippen MR) is 60.1 cm³/mol. The first-order valence-corrected chi connectivity index (χ1v) is 5.96. The van der Waals surface area contributed by atoms with Gasteiger partial charge in [-0.1, -0.05) is 12.8 Å². The van der Waals surface area contributed by atoms with Gasteiger partial charge in [0.05, 0.1) is 23.4 Å². The zero-order valence-electron chi connectivity index (χ0n) is 8.54. The minimum absolute atomic E-state index is 0.140. The van der Waals surface area contributed by atoms with Gasteiger partial charge in [0.15, 0.2) is 0 Å². The molecule has 2 rings (SSSR count). The van der Waals surface area contributed by atoms with E-state index >= 15 is 0 Å². The summed E-state index contributed by atoms with van der Waals surface area (Å²) in [5, 5.41) is 24.3. The molecule has 88 valence electrons. The normalized spacial score (nSPS) is 25.6. The summed E-state index contributed by atoms with van der Waals surface area (Å²) < 4.78 is 1.86. The first kappa shape index (κ1) is 11.5. The fourth-order valence-corrected chi connectivity index (χ4v) is 2.49. The zero-order chi connectivity index (χ0) is 11.7. The zero-order valence-corrected chi connectivity index (χ0v) is 10.1. The van der Waals surface area contributed by atoms with Crippen LogP contribution < -0.4 is 0 Å². The summed E-state index contributed by atoms with van der Waals surface area (Å²) >= 11 is 3.10. The third-order valence-electron chi connectivity index (χ3n) is 2.88. The fourth-order valence-electron chi connectivity index (χ4n) is 2.05. The van der Waals surface area contributed by atoms with Crippen LogP contribution in [-0.4, -0.2) is 25.9 Å². The van der Waals surface area contributed by atoms with Crippen molar-refractivity contribution in [3.8, 4) is 0 Å². The van der Waals surface area contributed by atoms with E-state index < -0.39 is 11.0 Å². The van der Waals surface area contributed by atoms with Crippen molar-refractivity contribution < 1.29 is 10.0 Å². The molecule has 0 spiro atoms. The van der Waals surface area contributed by atoms with Crippen molar-refractivity contribution in [2.45, 2.75) is 37.8 Å². The fraction of sp³-hybridized carbons (Fsp3) is 0.667. The monoisotopic (exact) mass is 289 g/mol. The summed E-state index contributed by atoms with van der Waals surface area (Å²) in [5.41, 5.74) is 0. The third-order valence-corrected chi connectivity index (χ3v) is 3.44. The standard InChI is InChI=1S/C9H12BrN3O3/c10-6-5-12(11-9(6)13(15)16)7-3-1-2-4-8(7)14/h5,7-8,14H,1-4H2. The van der Waals surface area contributed by atoms with E-state index in [1.54, 1.807) is 6.20 Å². The molecule has 0 radical (unpaired) electrons. The van der Waals surface area contributed by atoms with Gasteiger partial charge in [0.1, 0.15) is 4.47 Å². The molecule has 0 bridgehead atoms. The van der Waals surface area contributed by atoms with Gasteiger partial charge in [-0.15, -0.1) is 0 Å². The summed E-state index contributed by atoms with van der Waals surface area (Å²) in [5.74, 6) is -0.197. The van der Waals surface area contributed by atoms with Crippen molar-refractivity contribution in [2.24, 2.45) is 0 Å². The molecule has 0 aliphatic heterocycles. The van der Waals surface area contributed by atoms with Crippen LogP contribution in [0.5, 0.6) is 0 Å². The van der Waals surface area contributed by atoms with Crippen LogP contribution in [0.2, 0.25) is 0 Å². The molecule has 1 fully saturated rings. The molecular formula is C9H12BrN3O3. The molecular weight excluding hydrogens is 278 g/mol. The molecule has 1 aliphatic rings. The molecule has 1 aliphatic carbocycles. The lowest BCUT2D eigenvalue weighted by Crippen LogP contribution is -2.27. The van der Waals surface area contributed by atoms with Gasteiger partial charge in [-0.25, -0.2) is 0 Å². The topological polar surface area (TPSA) is 81.2 Å². The van der Waals surface area contributed by atoms with E-state index in [0.717, 1.165) is 25.7 Å². The highest BCUT2D eigenvalue weighted by molar-refractivity contribution is 9.10. The van der Waals surface area contributed by atoms with E-state index in [1.807, 2.05) is 0 Å². The Morgan fingerprint density at radius 1 is 1.56 bits per heavy atom. The molecule has 1 aromatic heterocycles. The van der Waals surface area contributed by atoms with Crippen LogP contribution >= 0.6 is 15.9 Å². The van der Waals surface area contributed by atoms with E-state index in [9.17, 15) is 15.2 Å². The quantitative estimate of drug-likeness (QED) is 0.667. The number of nitrogens with zero attached hydrogens (tertiary/aromatic N) is 3. The van der Waals surface area contributed by atoms with Crippen molar-refractivity contribution in [1.29, 1.82) is 0 Å². The van der Waals surface area contributed by atoms with Crippen LogP contribution in [0.15, 0.2) is 10.7 Å². The second-order valence-electron chi connectivity index (χ2n) is 3.96. The molecule has 2 unspecified atom stereocenters. The number of aromatic nitrogens is 2. The van der Waals surface area contributed by atoms with E-state index in [1.165, 1.54) is 4.68 Å². The Morgan fingerprint density at radius 3 is 2.81 bits per heavy atom. The Bertz CT molecular complexity index is 407. The minimum atomic E-state index is -0.532. The van der Waals surface area contributed by atoms with E-state index in [-0.39, 0.29) is 11.9 Å². The Balaban J connectivity index is 2.26. The maximum Gasteiger partial charge on any atom is 0.404 e. The van der Waals surface area contributed by atoms with E-state index in [2.05, 4.69) is 21.0 Å². The van der Waals surface area contributed by atoms with Crippen LogP contribution in [0.1, 0.15) is 31.7 Å². The summed E-state index contributed by atoms with van der Waals surface area (Å²) in [6, 6.07) is -0.140. The lowest BCUT2D eigenvalue weighted by atomic mass is 9.93. The van der Waals surface area contributed by atoms with Crippen molar-refractivity contribution in [3.63, 3.8) is 0 Å². The maximum absolute atomic E-state index is 10.6. The van der Waals surface area contributed by atoms with Crippen molar-refractivity contribution in [2.75, 3.05) is 0 Å². The highest BCUT2D eigenvalue weighted by atomic mass is 79.9. The molecule has 2 atom stereocenters. The molecule has 0 amide bonds. The Kier molecular flexibility index (Phi) is 3.25. The van der Waals surface area contributed by atoms with Crippen molar-refractivity contribution >= 4 is 21.7 Å². The van der Waals surface area contributed by atoms with Gasteiger partial charge < -0.3 is 15.2 Å². The summed E-state index contributed by atoms with van der Waals surface area (Å²) in [6.07, 6.45) is 4.68. The molecule has 1 heterocycles.